The van der Waals surface area contributed by atoms with Crippen LogP contribution in [-0.4, -0.2) is 12.6 Å². The summed E-state index contributed by atoms with van der Waals surface area (Å²) in [4.78, 5) is 0. The van der Waals surface area contributed by atoms with E-state index in [9.17, 15) is 0 Å². The zero-order valence-electron chi connectivity index (χ0n) is 9.20. The first-order valence-corrected chi connectivity index (χ1v) is 4.67. The topological polar surface area (TPSA) is 12.0 Å². The second-order valence-electron chi connectivity index (χ2n) is 4.59. The van der Waals surface area contributed by atoms with Crippen molar-refractivity contribution in [1.82, 2.24) is 5.32 Å². The van der Waals surface area contributed by atoms with Crippen molar-refractivity contribution in [3.63, 3.8) is 0 Å². The van der Waals surface area contributed by atoms with Crippen LogP contribution in [0.15, 0.2) is 12.7 Å². The summed E-state index contributed by atoms with van der Waals surface area (Å²) < 4.78 is 0. The van der Waals surface area contributed by atoms with Crippen molar-refractivity contribution in [2.24, 2.45) is 5.41 Å². The average molecular weight is 169 g/mol. The second kappa shape index (κ2) is 4.08. The summed E-state index contributed by atoms with van der Waals surface area (Å²) >= 11 is 0. The molecule has 0 aliphatic rings. The first kappa shape index (κ1) is 11.7. The molecular formula is C11H23N. The molecule has 0 radical (unpaired) electrons. The van der Waals surface area contributed by atoms with Crippen molar-refractivity contribution in [1.29, 1.82) is 0 Å². The Hall–Kier alpha value is -0.300. The van der Waals surface area contributed by atoms with Gasteiger partial charge in [-0.2, -0.15) is 0 Å². The van der Waals surface area contributed by atoms with Crippen LogP contribution in [-0.2, 0) is 0 Å². The molecule has 1 N–H and O–H groups in total. The number of allylic oxidation sites excluding steroid dienone is 1. The lowest BCUT2D eigenvalue weighted by Gasteiger charge is -2.41. The molecule has 0 aromatic heterocycles. The Morgan fingerprint density at radius 2 is 1.75 bits per heavy atom. The van der Waals surface area contributed by atoms with E-state index in [2.05, 4.69) is 39.6 Å². The van der Waals surface area contributed by atoms with E-state index in [0.717, 1.165) is 6.42 Å². The van der Waals surface area contributed by atoms with E-state index in [1.807, 2.05) is 13.1 Å². The van der Waals surface area contributed by atoms with Gasteiger partial charge in [0.15, 0.2) is 0 Å². The van der Waals surface area contributed by atoms with Gasteiger partial charge in [0, 0.05) is 5.54 Å². The van der Waals surface area contributed by atoms with E-state index < -0.39 is 0 Å². The Morgan fingerprint density at radius 3 is 2.08 bits per heavy atom. The molecule has 0 amide bonds. The first-order chi connectivity index (χ1) is 5.37. The SMILES string of the molecule is C=CCCC(C)(C)C(C)(C)NC. The molecule has 0 unspecified atom stereocenters. The first-order valence-electron chi connectivity index (χ1n) is 4.67. The van der Waals surface area contributed by atoms with Crippen LogP contribution in [0.4, 0.5) is 0 Å². The van der Waals surface area contributed by atoms with Gasteiger partial charge in [-0.1, -0.05) is 19.9 Å². The zero-order chi connectivity index (χ0) is 9.83. The maximum atomic E-state index is 3.75. The molecule has 0 aliphatic carbocycles. The molecule has 0 aromatic rings. The minimum absolute atomic E-state index is 0.190. The molecule has 1 heteroatoms. The van der Waals surface area contributed by atoms with Crippen LogP contribution >= 0.6 is 0 Å². The van der Waals surface area contributed by atoms with Gasteiger partial charge in [-0.3, -0.25) is 0 Å². The molecule has 0 bridgehead atoms. The maximum absolute atomic E-state index is 3.75. The Bertz CT molecular complexity index is 145. The molecule has 1 nitrogen and oxygen atoms in total. The van der Waals surface area contributed by atoms with Gasteiger partial charge in [-0.15, -0.1) is 6.58 Å². The highest BCUT2D eigenvalue weighted by Crippen LogP contribution is 2.34. The summed E-state index contributed by atoms with van der Waals surface area (Å²) in [5.74, 6) is 0. The zero-order valence-corrected chi connectivity index (χ0v) is 9.20. The molecule has 0 atom stereocenters. The van der Waals surface area contributed by atoms with Crippen molar-refractivity contribution < 1.29 is 0 Å². The average Bonchev–Trinajstić information content (AvgIpc) is 2.00. The van der Waals surface area contributed by atoms with Crippen LogP contribution in [0.5, 0.6) is 0 Å². The van der Waals surface area contributed by atoms with Crippen molar-refractivity contribution in [3.8, 4) is 0 Å². The van der Waals surface area contributed by atoms with Gasteiger partial charge < -0.3 is 5.32 Å². The summed E-state index contributed by atoms with van der Waals surface area (Å²) in [5.41, 5.74) is 0.506. The summed E-state index contributed by atoms with van der Waals surface area (Å²) in [5, 5.41) is 3.36. The van der Waals surface area contributed by atoms with Gasteiger partial charge in [-0.25, -0.2) is 0 Å². The van der Waals surface area contributed by atoms with Gasteiger partial charge in [0.25, 0.3) is 0 Å². The molecule has 0 aliphatic heterocycles. The molecule has 0 spiro atoms. The number of hydrogen-bond donors (Lipinski definition) is 1. The molecule has 12 heavy (non-hydrogen) atoms. The molecular weight excluding hydrogens is 146 g/mol. The Balaban J connectivity index is 4.26. The highest BCUT2D eigenvalue weighted by Gasteiger charge is 2.34. The standard InChI is InChI=1S/C11H23N/c1-7-8-9-10(2,3)11(4,5)12-6/h7,12H,1,8-9H2,2-6H3. The van der Waals surface area contributed by atoms with Gasteiger partial charge in [0.1, 0.15) is 0 Å². The summed E-state index contributed by atoms with van der Waals surface area (Å²) in [6.45, 7) is 12.8. The summed E-state index contributed by atoms with van der Waals surface area (Å²) in [7, 11) is 2.02. The van der Waals surface area contributed by atoms with Crippen LogP contribution < -0.4 is 5.32 Å². The van der Waals surface area contributed by atoms with E-state index in [1.165, 1.54) is 6.42 Å². The Morgan fingerprint density at radius 1 is 1.25 bits per heavy atom. The van der Waals surface area contributed by atoms with E-state index in [0.29, 0.717) is 5.41 Å². The number of rotatable bonds is 5. The van der Waals surface area contributed by atoms with E-state index in [1.54, 1.807) is 0 Å². The van der Waals surface area contributed by atoms with Crippen LogP contribution in [0.3, 0.4) is 0 Å². The third-order valence-corrected chi connectivity index (χ3v) is 3.29. The number of nitrogens with one attached hydrogen (secondary N) is 1. The lowest BCUT2D eigenvalue weighted by molar-refractivity contribution is 0.153. The Kier molecular flexibility index (Phi) is 3.98. The summed E-state index contributed by atoms with van der Waals surface area (Å²) in [6.07, 6.45) is 4.27. The predicted molar refractivity (Wildman–Crippen MR) is 56.4 cm³/mol. The lowest BCUT2D eigenvalue weighted by atomic mass is 9.71. The van der Waals surface area contributed by atoms with E-state index >= 15 is 0 Å². The van der Waals surface area contributed by atoms with Crippen LogP contribution in [0, 0.1) is 5.41 Å². The monoisotopic (exact) mass is 169 g/mol. The molecule has 0 saturated carbocycles. The molecule has 72 valence electrons. The van der Waals surface area contributed by atoms with Crippen LogP contribution in [0.1, 0.15) is 40.5 Å². The predicted octanol–water partition coefficient (Wildman–Crippen LogP) is 2.98. The van der Waals surface area contributed by atoms with Gasteiger partial charge >= 0.3 is 0 Å². The maximum Gasteiger partial charge on any atom is 0.0173 e. The second-order valence-corrected chi connectivity index (χ2v) is 4.59. The minimum Gasteiger partial charge on any atom is -0.314 e. The number of hydrogen-bond acceptors (Lipinski definition) is 1. The fourth-order valence-electron chi connectivity index (χ4n) is 1.11. The van der Waals surface area contributed by atoms with Crippen molar-refractivity contribution >= 4 is 0 Å². The molecule has 0 heterocycles. The van der Waals surface area contributed by atoms with Crippen molar-refractivity contribution in [2.45, 2.75) is 46.1 Å². The molecule has 0 aromatic carbocycles. The molecule has 0 saturated heterocycles. The smallest absolute Gasteiger partial charge is 0.0173 e. The van der Waals surface area contributed by atoms with Gasteiger partial charge in [0.2, 0.25) is 0 Å². The Labute approximate surface area is 77.2 Å². The van der Waals surface area contributed by atoms with Gasteiger partial charge in [0.05, 0.1) is 0 Å². The highest BCUT2D eigenvalue weighted by molar-refractivity contribution is 4.93. The van der Waals surface area contributed by atoms with E-state index in [4.69, 9.17) is 0 Å². The van der Waals surface area contributed by atoms with Crippen LogP contribution in [0.25, 0.3) is 0 Å². The fourth-order valence-corrected chi connectivity index (χ4v) is 1.11. The highest BCUT2D eigenvalue weighted by atomic mass is 14.9. The fraction of sp³-hybridized carbons (Fsp3) is 0.818. The quantitative estimate of drug-likeness (QED) is 0.624. The third kappa shape index (κ3) is 2.63. The largest absolute Gasteiger partial charge is 0.314 e. The lowest BCUT2D eigenvalue weighted by Crippen LogP contribution is -2.49. The van der Waals surface area contributed by atoms with Crippen molar-refractivity contribution in [3.05, 3.63) is 12.7 Å². The van der Waals surface area contributed by atoms with E-state index in [-0.39, 0.29) is 5.54 Å². The minimum atomic E-state index is 0.190. The molecule has 0 fully saturated rings. The van der Waals surface area contributed by atoms with Gasteiger partial charge in [-0.05, 0) is 39.2 Å². The third-order valence-electron chi connectivity index (χ3n) is 3.29. The summed E-state index contributed by atoms with van der Waals surface area (Å²) in [6, 6.07) is 0. The molecule has 0 rings (SSSR count). The van der Waals surface area contributed by atoms with Crippen molar-refractivity contribution in [2.75, 3.05) is 7.05 Å². The van der Waals surface area contributed by atoms with Crippen LogP contribution in [0.2, 0.25) is 0 Å². The normalized spacial score (nSPS) is 13.1.